The van der Waals surface area contributed by atoms with Crippen LogP contribution in [0.5, 0.6) is 5.75 Å². The number of carbonyl (C=O) groups is 1. The number of benzene rings is 3. The van der Waals surface area contributed by atoms with Gasteiger partial charge in [0, 0.05) is 20.7 Å². The third-order valence-corrected chi connectivity index (χ3v) is 8.91. The Bertz CT molecular complexity index is 1470. The number of carbonyl (C=O) groups excluding carboxylic acids is 1. The van der Waals surface area contributed by atoms with E-state index < -0.39 is 10.0 Å². The molecule has 0 aliphatic heterocycles. The molecule has 0 radical (unpaired) electrons. The predicted molar refractivity (Wildman–Crippen MR) is 142 cm³/mol. The number of hydrogen-bond donors (Lipinski definition) is 1. The van der Waals surface area contributed by atoms with E-state index in [0.29, 0.717) is 27.0 Å². The van der Waals surface area contributed by atoms with Crippen molar-refractivity contribution in [3.63, 3.8) is 0 Å². The second-order valence-electron chi connectivity index (χ2n) is 7.26. The number of methoxy groups -OCH3 is 1. The summed E-state index contributed by atoms with van der Waals surface area (Å²) in [7, 11) is -2.23. The molecule has 34 heavy (non-hydrogen) atoms. The van der Waals surface area contributed by atoms with E-state index in [1.165, 1.54) is 22.8 Å². The zero-order valence-electron chi connectivity index (χ0n) is 18.2. The van der Waals surface area contributed by atoms with Crippen molar-refractivity contribution < 1.29 is 17.9 Å². The molecule has 0 aliphatic carbocycles. The number of anilines is 2. The summed E-state index contributed by atoms with van der Waals surface area (Å²) in [5.41, 5.74) is 0.995. The molecule has 176 valence electrons. The van der Waals surface area contributed by atoms with Crippen LogP contribution in [-0.2, 0) is 10.0 Å². The van der Waals surface area contributed by atoms with Crippen molar-refractivity contribution in [1.29, 1.82) is 0 Å². The summed E-state index contributed by atoms with van der Waals surface area (Å²) >= 11 is 10.7. The molecule has 0 aliphatic rings. The van der Waals surface area contributed by atoms with Crippen LogP contribution in [0.2, 0.25) is 5.02 Å². The predicted octanol–water partition coefficient (Wildman–Crippen LogP) is 6.79. The number of sulfonamides is 1. The van der Waals surface area contributed by atoms with E-state index in [1.807, 2.05) is 6.07 Å². The number of thiophene rings is 1. The van der Waals surface area contributed by atoms with E-state index in [0.717, 1.165) is 14.6 Å². The lowest BCUT2D eigenvalue weighted by atomic mass is 10.2. The van der Waals surface area contributed by atoms with Crippen LogP contribution in [0.1, 0.15) is 16.6 Å². The maximum atomic E-state index is 13.2. The van der Waals surface area contributed by atoms with E-state index in [1.54, 1.807) is 67.6 Å². The van der Waals surface area contributed by atoms with Crippen LogP contribution in [0.3, 0.4) is 0 Å². The van der Waals surface area contributed by atoms with E-state index in [9.17, 15) is 13.2 Å². The van der Waals surface area contributed by atoms with E-state index in [4.69, 9.17) is 16.3 Å². The van der Waals surface area contributed by atoms with Gasteiger partial charge in [-0.25, -0.2) is 8.42 Å². The normalized spacial score (nSPS) is 11.4. The van der Waals surface area contributed by atoms with Gasteiger partial charge in [0.05, 0.1) is 28.3 Å². The molecule has 1 amide bonds. The zero-order valence-corrected chi connectivity index (χ0v) is 22.2. The van der Waals surface area contributed by atoms with E-state index in [2.05, 4.69) is 21.2 Å². The summed E-state index contributed by atoms with van der Waals surface area (Å²) < 4.78 is 34.8. The second-order valence-corrected chi connectivity index (χ2v) is 11.6. The topological polar surface area (TPSA) is 75.7 Å². The first kappa shape index (κ1) is 24.5. The van der Waals surface area contributed by atoms with Gasteiger partial charge in [-0.05, 0) is 79.0 Å². The molecule has 6 nitrogen and oxygen atoms in total. The third-order valence-electron chi connectivity index (χ3n) is 5.11. The molecule has 0 unspecified atom stereocenters. The number of ether oxygens (including phenoxy) is 1. The molecule has 0 saturated carbocycles. The molecule has 1 N–H and O–H groups in total. The van der Waals surface area contributed by atoms with Gasteiger partial charge in [0.1, 0.15) is 5.75 Å². The molecule has 0 saturated heterocycles. The molecule has 1 heterocycles. The Balaban J connectivity index is 1.64. The maximum Gasteiger partial charge on any atom is 0.265 e. The van der Waals surface area contributed by atoms with Crippen LogP contribution in [-0.4, -0.2) is 28.0 Å². The summed E-state index contributed by atoms with van der Waals surface area (Å²) in [6, 6.07) is 18.6. The average Bonchev–Trinajstić information content (AvgIpc) is 3.24. The first-order valence-electron chi connectivity index (χ1n) is 10.2. The van der Waals surface area contributed by atoms with Crippen LogP contribution < -0.4 is 14.4 Å². The molecule has 0 spiro atoms. The van der Waals surface area contributed by atoms with Gasteiger partial charge in [-0.3, -0.25) is 9.10 Å². The van der Waals surface area contributed by atoms with Gasteiger partial charge in [0.25, 0.3) is 15.9 Å². The van der Waals surface area contributed by atoms with E-state index >= 15 is 0 Å². The molecule has 4 rings (SSSR count). The molecular weight excluding hydrogens is 560 g/mol. The first-order valence-corrected chi connectivity index (χ1v) is 13.6. The lowest BCUT2D eigenvalue weighted by Gasteiger charge is -2.23. The zero-order chi connectivity index (χ0) is 24.5. The number of fused-ring (bicyclic) bond motifs is 1. The average molecular weight is 580 g/mol. The van der Waals surface area contributed by atoms with Crippen molar-refractivity contribution in [3.8, 4) is 5.75 Å². The van der Waals surface area contributed by atoms with Gasteiger partial charge in [0.2, 0.25) is 0 Å². The molecule has 0 atom stereocenters. The van der Waals surface area contributed by atoms with Gasteiger partial charge in [0.15, 0.2) is 0 Å². The SMILES string of the molecule is CCN(c1ccc2sc(C(=O)Nc3cc(Cl)ccc3OC)cc2c1)S(=O)(=O)c1ccc(Br)cc1. The van der Waals surface area contributed by atoms with Crippen LogP contribution in [0.4, 0.5) is 11.4 Å². The van der Waals surface area contributed by atoms with Gasteiger partial charge in [-0.15, -0.1) is 11.3 Å². The van der Waals surface area contributed by atoms with E-state index in [-0.39, 0.29) is 17.3 Å². The molecule has 0 bridgehead atoms. The van der Waals surface area contributed by atoms with Crippen molar-refractivity contribution in [2.75, 3.05) is 23.3 Å². The molecule has 4 aromatic rings. The molecule has 10 heteroatoms. The lowest BCUT2D eigenvalue weighted by molar-refractivity contribution is 0.103. The molecular formula is C24H20BrClN2O4S2. The standard InChI is InChI=1S/C24H20BrClN2O4S2/c1-3-28(34(30,31)19-8-4-16(25)5-9-19)18-7-11-22-15(12-18)13-23(33-22)24(29)27-20-14-17(26)6-10-21(20)32-2/h4-14H,3H2,1-2H3,(H,27,29). The molecule has 3 aromatic carbocycles. The Morgan fingerprint density at radius 2 is 1.82 bits per heavy atom. The van der Waals surface area contributed by atoms with Crippen molar-refractivity contribution in [2.45, 2.75) is 11.8 Å². The number of nitrogens with zero attached hydrogens (tertiary/aromatic N) is 1. The molecule has 0 fully saturated rings. The van der Waals surface area contributed by atoms with Crippen molar-refractivity contribution in [2.24, 2.45) is 0 Å². The highest BCUT2D eigenvalue weighted by atomic mass is 79.9. The largest absolute Gasteiger partial charge is 0.495 e. The minimum absolute atomic E-state index is 0.207. The van der Waals surface area contributed by atoms with Crippen molar-refractivity contribution in [1.82, 2.24) is 0 Å². The third kappa shape index (κ3) is 4.93. The summed E-state index contributed by atoms with van der Waals surface area (Å²) in [4.78, 5) is 13.6. The highest BCUT2D eigenvalue weighted by Gasteiger charge is 2.24. The smallest absolute Gasteiger partial charge is 0.265 e. The van der Waals surface area contributed by atoms with Crippen LogP contribution in [0, 0.1) is 0 Å². The summed E-state index contributed by atoms with van der Waals surface area (Å²) in [6.07, 6.45) is 0. The summed E-state index contributed by atoms with van der Waals surface area (Å²) in [5, 5.41) is 4.08. The van der Waals surface area contributed by atoms with Crippen molar-refractivity contribution in [3.05, 3.63) is 81.1 Å². The monoisotopic (exact) mass is 578 g/mol. The van der Waals surface area contributed by atoms with Crippen molar-refractivity contribution >= 4 is 76.3 Å². The fraction of sp³-hybridized carbons (Fsp3) is 0.125. The van der Waals surface area contributed by atoms with Gasteiger partial charge in [-0.2, -0.15) is 0 Å². The Morgan fingerprint density at radius 3 is 2.50 bits per heavy atom. The minimum atomic E-state index is -3.74. The molecule has 1 aromatic heterocycles. The maximum absolute atomic E-state index is 13.2. The number of nitrogens with one attached hydrogen (secondary N) is 1. The summed E-state index contributed by atoms with van der Waals surface area (Å²) in [5.74, 6) is 0.191. The number of amides is 1. The quantitative estimate of drug-likeness (QED) is 0.261. The number of halogens is 2. The Morgan fingerprint density at radius 1 is 1.09 bits per heavy atom. The Labute approximate surface area is 215 Å². The van der Waals surface area contributed by atoms with Gasteiger partial charge < -0.3 is 10.1 Å². The lowest BCUT2D eigenvalue weighted by Crippen LogP contribution is -2.30. The number of hydrogen-bond acceptors (Lipinski definition) is 5. The minimum Gasteiger partial charge on any atom is -0.495 e. The van der Waals surface area contributed by atoms with Crippen LogP contribution in [0.25, 0.3) is 10.1 Å². The first-order chi connectivity index (χ1) is 16.2. The Hall–Kier alpha value is -2.59. The Kier molecular flexibility index (Phi) is 7.18. The van der Waals surface area contributed by atoms with Crippen LogP contribution >= 0.6 is 38.9 Å². The number of rotatable bonds is 7. The van der Waals surface area contributed by atoms with Gasteiger partial charge in [-0.1, -0.05) is 27.5 Å². The fourth-order valence-electron chi connectivity index (χ4n) is 3.48. The highest BCUT2D eigenvalue weighted by molar-refractivity contribution is 9.10. The fourth-order valence-corrected chi connectivity index (χ4v) is 6.32. The van der Waals surface area contributed by atoms with Gasteiger partial charge >= 0.3 is 0 Å². The highest BCUT2D eigenvalue weighted by Crippen LogP contribution is 2.33. The summed E-state index contributed by atoms with van der Waals surface area (Å²) in [6.45, 7) is 2.04. The van der Waals surface area contributed by atoms with Crippen LogP contribution in [0.15, 0.2) is 76.1 Å². The second kappa shape index (κ2) is 9.95.